The average Bonchev–Trinajstić information content (AvgIpc) is 3.46. The van der Waals surface area contributed by atoms with Gasteiger partial charge in [-0.05, 0) is 83.5 Å². The molecule has 1 unspecified atom stereocenters. The average molecular weight is 1110 g/mol. The number of hydrogen-bond donors (Lipinski definition) is 0. The van der Waals surface area contributed by atoms with Gasteiger partial charge in [0, 0.05) is 12.8 Å². The lowest BCUT2D eigenvalue weighted by Gasteiger charge is -2.18. The molecule has 80 heavy (non-hydrogen) atoms. The molecule has 0 aromatic carbocycles. The number of carbonyl (C=O) groups excluding carboxylic acids is 3. The Morgan fingerprint density at radius 1 is 0.275 bits per heavy atom. The molecule has 0 aromatic rings. The van der Waals surface area contributed by atoms with Crippen molar-refractivity contribution in [2.24, 2.45) is 0 Å². The second-order valence-electron chi connectivity index (χ2n) is 22.3. The first-order valence-electron chi connectivity index (χ1n) is 33.9. The molecular weight excluding hydrogens is 985 g/mol. The van der Waals surface area contributed by atoms with E-state index in [-0.39, 0.29) is 31.6 Å². The van der Waals surface area contributed by atoms with Crippen LogP contribution in [0, 0.1) is 0 Å². The Morgan fingerprint density at radius 3 is 0.875 bits per heavy atom. The predicted octanol–water partition coefficient (Wildman–Crippen LogP) is 23.4. The van der Waals surface area contributed by atoms with E-state index in [1.807, 2.05) is 6.08 Å². The third-order valence-electron chi connectivity index (χ3n) is 14.6. The number of hydrogen-bond acceptors (Lipinski definition) is 6. The van der Waals surface area contributed by atoms with Gasteiger partial charge in [-0.2, -0.15) is 0 Å². The minimum Gasteiger partial charge on any atom is -0.462 e. The molecule has 0 spiro atoms. The summed E-state index contributed by atoms with van der Waals surface area (Å²) in [5.41, 5.74) is 0. The number of esters is 3. The van der Waals surface area contributed by atoms with Crippen molar-refractivity contribution in [2.75, 3.05) is 13.2 Å². The molecule has 6 nitrogen and oxygen atoms in total. The van der Waals surface area contributed by atoms with Gasteiger partial charge in [0.15, 0.2) is 6.10 Å². The van der Waals surface area contributed by atoms with E-state index < -0.39 is 12.1 Å². The van der Waals surface area contributed by atoms with E-state index in [1.165, 1.54) is 180 Å². The molecule has 0 rings (SSSR count). The summed E-state index contributed by atoms with van der Waals surface area (Å²) in [5.74, 6) is -1.04. The molecule has 1 atom stereocenters. The monoisotopic (exact) mass is 1110 g/mol. The van der Waals surface area contributed by atoms with Crippen LogP contribution in [-0.2, 0) is 28.6 Å². The molecule has 458 valence electrons. The van der Waals surface area contributed by atoms with E-state index in [9.17, 15) is 14.4 Å². The predicted molar refractivity (Wildman–Crippen MR) is 348 cm³/mol. The topological polar surface area (TPSA) is 78.9 Å². The van der Waals surface area contributed by atoms with E-state index in [1.54, 1.807) is 6.08 Å². The van der Waals surface area contributed by atoms with Gasteiger partial charge in [0.25, 0.3) is 0 Å². The van der Waals surface area contributed by atoms with Crippen molar-refractivity contribution in [2.45, 2.75) is 329 Å². The molecule has 0 N–H and O–H groups in total. The summed E-state index contributed by atoms with van der Waals surface area (Å²) in [5, 5.41) is 0. The second kappa shape index (κ2) is 67.6. The lowest BCUT2D eigenvalue weighted by Crippen LogP contribution is -2.30. The molecule has 0 aliphatic rings. The number of carbonyl (C=O) groups is 3. The van der Waals surface area contributed by atoms with E-state index in [0.717, 1.165) is 103 Å². The first-order chi connectivity index (χ1) is 39.5. The van der Waals surface area contributed by atoms with Crippen LogP contribution >= 0.6 is 0 Å². The largest absolute Gasteiger partial charge is 0.462 e. The molecule has 0 aromatic heterocycles. The molecule has 0 fully saturated rings. The quantitative estimate of drug-likeness (QED) is 0.0261. The summed E-state index contributed by atoms with van der Waals surface area (Å²) in [4.78, 5) is 38.3. The van der Waals surface area contributed by atoms with Gasteiger partial charge in [0.05, 0.1) is 6.42 Å². The fraction of sp³-hybridized carbons (Fsp3) is 0.716. The van der Waals surface area contributed by atoms with Gasteiger partial charge < -0.3 is 14.2 Å². The van der Waals surface area contributed by atoms with E-state index in [2.05, 4.69) is 118 Å². The van der Waals surface area contributed by atoms with Crippen molar-refractivity contribution in [3.05, 3.63) is 109 Å². The fourth-order valence-corrected chi connectivity index (χ4v) is 9.57. The number of unbranched alkanes of at least 4 members (excludes halogenated alkanes) is 33. The molecule has 0 aliphatic carbocycles. The number of ether oxygens (including phenoxy) is 3. The van der Waals surface area contributed by atoms with Crippen LogP contribution in [-0.4, -0.2) is 37.2 Å². The second-order valence-corrected chi connectivity index (χ2v) is 22.3. The van der Waals surface area contributed by atoms with Crippen LogP contribution in [0.1, 0.15) is 323 Å². The Labute approximate surface area is 495 Å². The summed E-state index contributed by atoms with van der Waals surface area (Å²) in [6.45, 7) is 6.36. The van der Waals surface area contributed by atoms with Gasteiger partial charge >= 0.3 is 17.9 Å². The molecule has 0 heterocycles. The fourth-order valence-electron chi connectivity index (χ4n) is 9.57. The van der Waals surface area contributed by atoms with Crippen molar-refractivity contribution in [3.63, 3.8) is 0 Å². The van der Waals surface area contributed by atoms with Gasteiger partial charge in [0.2, 0.25) is 0 Å². The third-order valence-corrected chi connectivity index (χ3v) is 14.6. The molecule has 0 aliphatic heterocycles. The summed E-state index contributed by atoms with van der Waals surface area (Å²) >= 11 is 0. The molecule has 0 bridgehead atoms. The van der Waals surface area contributed by atoms with E-state index in [4.69, 9.17) is 14.2 Å². The smallest absolute Gasteiger partial charge is 0.309 e. The normalized spacial score (nSPS) is 12.8. The Hall–Kier alpha value is -3.93. The Morgan fingerprint density at radius 2 is 0.537 bits per heavy atom. The van der Waals surface area contributed by atoms with Crippen LogP contribution in [0.4, 0.5) is 0 Å². The summed E-state index contributed by atoms with van der Waals surface area (Å²) < 4.78 is 16.8. The highest BCUT2D eigenvalue weighted by atomic mass is 16.6. The molecule has 0 saturated carbocycles. The van der Waals surface area contributed by atoms with Crippen LogP contribution in [0.2, 0.25) is 0 Å². The van der Waals surface area contributed by atoms with Gasteiger partial charge in [-0.3, -0.25) is 14.4 Å². The maximum atomic E-state index is 12.9. The SMILES string of the molecule is CC/C=C\C/C=C\C/C=C\C/C=C\C/C=C\CC(=O)OCC(COC(=O)CCCCCCCCCCCCCCCCCCCCCCCCCCCC)OC(=O)CCCCCCCCCC/C=C\C/C=C\C/C=C\C/C=C\CC. The minimum absolute atomic E-state index is 0.110. The highest BCUT2D eigenvalue weighted by Gasteiger charge is 2.19. The van der Waals surface area contributed by atoms with Crippen LogP contribution in [0.5, 0.6) is 0 Å². The van der Waals surface area contributed by atoms with Crippen LogP contribution in [0.15, 0.2) is 109 Å². The first kappa shape index (κ1) is 76.1. The number of rotatable bonds is 61. The van der Waals surface area contributed by atoms with Gasteiger partial charge in [-0.15, -0.1) is 0 Å². The molecular formula is C74H126O6. The van der Waals surface area contributed by atoms with Crippen molar-refractivity contribution in [1.29, 1.82) is 0 Å². The first-order valence-corrected chi connectivity index (χ1v) is 33.9. The van der Waals surface area contributed by atoms with Gasteiger partial charge in [0.1, 0.15) is 13.2 Å². The zero-order chi connectivity index (χ0) is 57.8. The van der Waals surface area contributed by atoms with Crippen LogP contribution < -0.4 is 0 Å². The lowest BCUT2D eigenvalue weighted by molar-refractivity contribution is -0.166. The maximum Gasteiger partial charge on any atom is 0.309 e. The Kier molecular flexibility index (Phi) is 64.3. The number of allylic oxidation sites excluding steroid dienone is 17. The van der Waals surface area contributed by atoms with E-state index >= 15 is 0 Å². The van der Waals surface area contributed by atoms with Crippen LogP contribution in [0.25, 0.3) is 0 Å². The van der Waals surface area contributed by atoms with Gasteiger partial charge in [-0.25, -0.2) is 0 Å². The van der Waals surface area contributed by atoms with Crippen molar-refractivity contribution >= 4 is 17.9 Å². The van der Waals surface area contributed by atoms with Crippen molar-refractivity contribution in [3.8, 4) is 0 Å². The summed E-state index contributed by atoms with van der Waals surface area (Å²) in [6.07, 6.45) is 92.8. The Balaban J connectivity index is 4.37. The molecule has 6 heteroatoms. The van der Waals surface area contributed by atoms with Crippen molar-refractivity contribution < 1.29 is 28.6 Å². The highest BCUT2D eigenvalue weighted by molar-refractivity contribution is 5.72. The maximum absolute atomic E-state index is 12.9. The summed E-state index contributed by atoms with van der Waals surface area (Å²) in [6, 6.07) is 0. The van der Waals surface area contributed by atoms with Crippen molar-refractivity contribution in [1.82, 2.24) is 0 Å². The van der Waals surface area contributed by atoms with Gasteiger partial charge in [-0.1, -0.05) is 329 Å². The Bertz CT molecular complexity index is 1610. The molecule has 0 radical (unpaired) electrons. The van der Waals surface area contributed by atoms with Crippen LogP contribution in [0.3, 0.4) is 0 Å². The zero-order valence-corrected chi connectivity index (χ0v) is 52.6. The molecule has 0 saturated heterocycles. The standard InChI is InChI=1S/C74H126O6/c1-4-7-10-13-16-19-22-25-28-30-32-34-35-36-37-38-40-41-43-46-49-52-55-58-61-64-67-73(76)79-70-71(69-78-72(75)66-63-60-57-54-51-48-45-27-24-21-18-15-12-9-6-3)80-74(77)68-65-62-59-56-53-50-47-44-42-39-33-31-29-26-23-20-17-14-11-8-5-2/h8-9,11-12,17-18,20-21,26-27,29,33,39,45,51,54,60,63,71H,4-7,10,13-16,19,22-25,28,30-32,34-38,40-44,46-50,52-53,55-59,61-62,64-70H2,1-3H3/b11-8-,12-9-,20-17-,21-18-,29-26-,39-33-,45-27-,54-51-,63-60-. The third kappa shape index (κ3) is 64.9. The lowest BCUT2D eigenvalue weighted by atomic mass is 10.0. The molecule has 0 amide bonds. The summed E-state index contributed by atoms with van der Waals surface area (Å²) in [7, 11) is 0. The zero-order valence-electron chi connectivity index (χ0n) is 52.6. The van der Waals surface area contributed by atoms with E-state index in [0.29, 0.717) is 12.8 Å². The highest BCUT2D eigenvalue weighted by Crippen LogP contribution is 2.17. The minimum atomic E-state index is -0.825.